The number of unbranched alkanes of at least 4 members (excludes halogenated alkanes) is 1. The molecule has 1 spiro atoms. The van der Waals surface area contributed by atoms with E-state index < -0.39 is 14.1 Å². The van der Waals surface area contributed by atoms with E-state index in [0.29, 0.717) is 16.6 Å². The lowest BCUT2D eigenvalue weighted by atomic mass is 9.85. The zero-order valence-electron chi connectivity index (χ0n) is 31.4. The van der Waals surface area contributed by atoms with Crippen LogP contribution in [0.5, 0.6) is 0 Å². The Bertz CT molecular complexity index is 1060. The lowest BCUT2D eigenvalue weighted by Crippen LogP contribution is -2.56. The minimum absolute atomic E-state index is 0.00708. The standard InChI is InChI=1S/C40H68O7Si/c1-10-11-12-14-18-33-39(46-40(45-33)21-15-13-16-22-40)37-24-35(47-48(26(2)3,27(4)5)28(6)7)30(9)32(43-37)20-17-19-31-29(8)34-23-36(42-31)38(25-41)44-34/h10,14,17-19,26-39,41H,1,11-13,15-16,20-25H2,2-9H3/b18-14+,19-17+/t29-,30-,31-,32+,33-,34?,35-,36?,37-,38-,39+/m0/s1. The molecule has 274 valence electrons. The fraction of sp³-hybridized carbons (Fsp3) is 0.850. The van der Waals surface area contributed by atoms with Crippen LogP contribution in [0.15, 0.2) is 37.0 Å². The number of aliphatic hydroxyl groups excluding tert-OH is 1. The van der Waals surface area contributed by atoms with Crippen molar-refractivity contribution in [2.45, 2.75) is 197 Å². The fourth-order valence-electron chi connectivity index (χ4n) is 9.75. The Labute approximate surface area is 293 Å². The lowest BCUT2D eigenvalue weighted by molar-refractivity contribution is -0.216. The van der Waals surface area contributed by atoms with Gasteiger partial charge in [-0.2, -0.15) is 0 Å². The van der Waals surface area contributed by atoms with Crippen molar-refractivity contribution >= 4 is 8.32 Å². The van der Waals surface area contributed by atoms with Crippen molar-refractivity contribution in [3.8, 4) is 0 Å². The summed E-state index contributed by atoms with van der Waals surface area (Å²) >= 11 is 0. The van der Waals surface area contributed by atoms with E-state index in [-0.39, 0.29) is 73.4 Å². The molecule has 1 aliphatic carbocycles. The number of aliphatic hydroxyl groups is 1. The fourth-order valence-corrected chi connectivity index (χ4v) is 15.4. The molecule has 8 heteroatoms. The highest BCUT2D eigenvalue weighted by Gasteiger charge is 2.55. The van der Waals surface area contributed by atoms with E-state index in [1.165, 1.54) is 6.42 Å². The molecule has 0 aromatic rings. The van der Waals surface area contributed by atoms with E-state index in [1.807, 2.05) is 6.08 Å². The van der Waals surface area contributed by atoms with Crippen molar-refractivity contribution in [3.05, 3.63) is 37.0 Å². The van der Waals surface area contributed by atoms with Crippen molar-refractivity contribution in [3.63, 3.8) is 0 Å². The predicted octanol–water partition coefficient (Wildman–Crippen LogP) is 8.81. The summed E-state index contributed by atoms with van der Waals surface area (Å²) in [5.41, 5.74) is 1.52. The molecular weight excluding hydrogens is 621 g/mol. The summed E-state index contributed by atoms with van der Waals surface area (Å²) in [6.07, 6.45) is 20.2. The number of allylic oxidation sites excluding steroid dienone is 2. The van der Waals surface area contributed by atoms with E-state index >= 15 is 0 Å². The van der Waals surface area contributed by atoms with Crippen LogP contribution >= 0.6 is 0 Å². The molecule has 5 aliphatic rings. The first-order valence-electron chi connectivity index (χ1n) is 19.5. The van der Waals surface area contributed by atoms with E-state index in [0.717, 1.165) is 57.8 Å². The molecule has 4 heterocycles. The summed E-state index contributed by atoms with van der Waals surface area (Å²) in [5, 5.41) is 9.78. The van der Waals surface area contributed by atoms with Gasteiger partial charge in [0.1, 0.15) is 18.3 Å². The van der Waals surface area contributed by atoms with Gasteiger partial charge in [-0.15, -0.1) is 6.58 Å². The topological polar surface area (TPSA) is 75.6 Å². The molecular formula is C40H68O7Si. The maximum Gasteiger partial charge on any atom is 0.200 e. The van der Waals surface area contributed by atoms with Crippen LogP contribution in [0.3, 0.4) is 0 Å². The Morgan fingerprint density at radius 1 is 0.771 bits per heavy atom. The summed E-state index contributed by atoms with van der Waals surface area (Å²) in [4.78, 5) is 0. The van der Waals surface area contributed by atoms with Crippen molar-refractivity contribution < 1.29 is 33.2 Å². The van der Waals surface area contributed by atoms with Crippen molar-refractivity contribution in [1.29, 1.82) is 0 Å². The van der Waals surface area contributed by atoms with E-state index in [9.17, 15) is 5.11 Å². The molecule has 4 saturated heterocycles. The average Bonchev–Trinajstić information content (AvgIpc) is 3.59. The second-order valence-corrected chi connectivity index (χ2v) is 21.9. The predicted molar refractivity (Wildman–Crippen MR) is 194 cm³/mol. The van der Waals surface area contributed by atoms with Crippen LogP contribution in [0.4, 0.5) is 0 Å². The zero-order chi connectivity index (χ0) is 34.6. The summed E-state index contributed by atoms with van der Waals surface area (Å²) in [6, 6.07) is 0. The second kappa shape index (κ2) is 16.7. The minimum atomic E-state index is -2.15. The van der Waals surface area contributed by atoms with Crippen LogP contribution in [-0.2, 0) is 28.1 Å². The average molecular weight is 689 g/mol. The van der Waals surface area contributed by atoms with Gasteiger partial charge in [-0.3, -0.25) is 0 Å². The van der Waals surface area contributed by atoms with Crippen LogP contribution in [0.1, 0.15) is 120 Å². The Hall–Kier alpha value is -0.843. The minimum Gasteiger partial charge on any atom is -0.413 e. The first-order valence-corrected chi connectivity index (χ1v) is 21.6. The third-order valence-corrected chi connectivity index (χ3v) is 18.6. The smallest absolute Gasteiger partial charge is 0.200 e. The molecule has 11 atom stereocenters. The van der Waals surface area contributed by atoms with Crippen LogP contribution in [0.25, 0.3) is 0 Å². The number of hydrogen-bond acceptors (Lipinski definition) is 7. The van der Waals surface area contributed by atoms with Gasteiger partial charge in [0, 0.05) is 37.5 Å². The third kappa shape index (κ3) is 8.12. The van der Waals surface area contributed by atoms with Crippen molar-refractivity contribution in [2.24, 2.45) is 11.8 Å². The van der Waals surface area contributed by atoms with Gasteiger partial charge in [0.2, 0.25) is 8.32 Å². The SMILES string of the molecule is C=CCC/C=C/[C@@H]1OC2(CCCCC2)O[C@H]1[C@@H]1C[C@H](O[Si](C(C)C)(C(C)C)C(C)C)[C@@H](C)[C@@H](C/C=C/[C@@H]2OC3CC(O[C@H]3CO)[C@H]2C)O1. The Kier molecular flexibility index (Phi) is 13.3. The van der Waals surface area contributed by atoms with Gasteiger partial charge in [-0.1, -0.05) is 92.2 Å². The van der Waals surface area contributed by atoms with E-state index in [2.05, 4.69) is 86.3 Å². The highest BCUT2D eigenvalue weighted by atomic mass is 28.4. The Morgan fingerprint density at radius 3 is 2.08 bits per heavy atom. The number of fused-ring (bicyclic) bond motifs is 2. The molecule has 0 amide bonds. The maximum atomic E-state index is 9.78. The molecule has 1 N–H and O–H groups in total. The summed E-state index contributed by atoms with van der Waals surface area (Å²) in [7, 11) is -2.15. The summed E-state index contributed by atoms with van der Waals surface area (Å²) < 4.78 is 41.2. The molecule has 2 bridgehead atoms. The van der Waals surface area contributed by atoms with Crippen LogP contribution in [0.2, 0.25) is 16.6 Å². The van der Waals surface area contributed by atoms with Crippen molar-refractivity contribution in [1.82, 2.24) is 0 Å². The molecule has 7 nitrogen and oxygen atoms in total. The van der Waals surface area contributed by atoms with Gasteiger partial charge in [-0.05, 0) is 48.7 Å². The number of hydrogen-bond donors (Lipinski definition) is 1. The van der Waals surface area contributed by atoms with Gasteiger partial charge < -0.3 is 33.2 Å². The highest BCUT2D eigenvalue weighted by molar-refractivity contribution is 6.77. The normalized spacial score (nSPS) is 38.8. The monoisotopic (exact) mass is 688 g/mol. The van der Waals surface area contributed by atoms with Gasteiger partial charge in [0.15, 0.2) is 5.79 Å². The van der Waals surface area contributed by atoms with Gasteiger partial charge >= 0.3 is 0 Å². The maximum absolute atomic E-state index is 9.78. The van der Waals surface area contributed by atoms with Gasteiger partial charge in [0.05, 0.1) is 43.2 Å². The van der Waals surface area contributed by atoms with Crippen LogP contribution in [-0.4, -0.2) is 80.8 Å². The molecule has 0 aromatic carbocycles. The van der Waals surface area contributed by atoms with Gasteiger partial charge in [-0.25, -0.2) is 0 Å². The second-order valence-electron chi connectivity index (χ2n) is 16.5. The quantitative estimate of drug-likeness (QED) is 0.111. The summed E-state index contributed by atoms with van der Waals surface area (Å²) in [6.45, 7) is 22.7. The van der Waals surface area contributed by atoms with Crippen LogP contribution < -0.4 is 0 Å². The zero-order valence-corrected chi connectivity index (χ0v) is 32.4. The molecule has 5 fully saturated rings. The lowest BCUT2D eigenvalue weighted by Gasteiger charge is -2.50. The molecule has 2 unspecified atom stereocenters. The molecule has 4 aliphatic heterocycles. The molecule has 1 saturated carbocycles. The van der Waals surface area contributed by atoms with Crippen molar-refractivity contribution in [2.75, 3.05) is 6.61 Å². The highest BCUT2D eigenvalue weighted by Crippen LogP contribution is 2.48. The van der Waals surface area contributed by atoms with E-state index in [1.54, 1.807) is 0 Å². The number of ether oxygens (including phenoxy) is 5. The first kappa shape index (κ1) is 38.4. The largest absolute Gasteiger partial charge is 0.413 e. The number of rotatable bonds is 14. The summed E-state index contributed by atoms with van der Waals surface area (Å²) in [5.74, 6) is -0.0467. The first-order chi connectivity index (χ1) is 22.9. The van der Waals surface area contributed by atoms with Gasteiger partial charge in [0.25, 0.3) is 0 Å². The molecule has 0 radical (unpaired) electrons. The Balaban J connectivity index is 1.40. The third-order valence-electron chi connectivity index (χ3n) is 12.5. The molecule has 48 heavy (non-hydrogen) atoms. The molecule has 5 rings (SSSR count). The molecule has 0 aromatic heterocycles. The Morgan fingerprint density at radius 2 is 1.44 bits per heavy atom. The van der Waals surface area contributed by atoms with Crippen LogP contribution in [0, 0.1) is 11.8 Å². The van der Waals surface area contributed by atoms with E-state index in [4.69, 9.17) is 28.1 Å².